The number of rotatable bonds is 8. The Morgan fingerprint density at radius 2 is 1.96 bits per heavy atom. The van der Waals surface area contributed by atoms with Crippen molar-refractivity contribution in [3.8, 4) is 0 Å². The van der Waals surface area contributed by atoms with E-state index in [9.17, 15) is 9.59 Å². The second-order valence-corrected chi connectivity index (χ2v) is 5.56. The van der Waals surface area contributed by atoms with Gasteiger partial charge in [0.1, 0.15) is 0 Å². The standard InChI is InChI=1S/C17H24N4O2.ClH/c1-2-8-19-16(22)7-9-20-17(23)14(18)10-12-11-21-15-6-4-3-5-13(12)15;/h3-6,11,14,21H,2,7-10,18H2,1H3,(H,19,22)(H,20,23);1H/t14-;/m0./s1. The Morgan fingerprint density at radius 3 is 2.71 bits per heavy atom. The predicted octanol–water partition coefficient (Wildman–Crippen LogP) is 1.49. The van der Waals surface area contributed by atoms with Crippen molar-refractivity contribution >= 4 is 35.1 Å². The number of hydrogen-bond donors (Lipinski definition) is 4. The molecule has 0 saturated carbocycles. The second-order valence-electron chi connectivity index (χ2n) is 5.56. The average Bonchev–Trinajstić information content (AvgIpc) is 2.96. The summed E-state index contributed by atoms with van der Waals surface area (Å²) in [6.45, 7) is 2.95. The van der Waals surface area contributed by atoms with Gasteiger partial charge in [0.25, 0.3) is 0 Å². The van der Waals surface area contributed by atoms with Crippen LogP contribution in [0.25, 0.3) is 10.9 Å². The Kier molecular flexibility index (Phi) is 8.29. The molecule has 0 unspecified atom stereocenters. The number of fused-ring (bicyclic) bond motifs is 1. The lowest BCUT2D eigenvalue weighted by Gasteiger charge is -2.12. The number of carbonyl (C=O) groups excluding carboxylic acids is 2. The van der Waals surface area contributed by atoms with Gasteiger partial charge in [-0.05, 0) is 24.5 Å². The minimum Gasteiger partial charge on any atom is -0.361 e. The summed E-state index contributed by atoms with van der Waals surface area (Å²) in [5.74, 6) is -0.295. The highest BCUT2D eigenvalue weighted by Crippen LogP contribution is 2.18. The van der Waals surface area contributed by atoms with Gasteiger partial charge >= 0.3 is 0 Å². The molecule has 0 spiro atoms. The molecule has 0 aliphatic carbocycles. The number of H-pyrrole nitrogens is 1. The van der Waals surface area contributed by atoms with Gasteiger partial charge in [0.15, 0.2) is 0 Å². The maximum absolute atomic E-state index is 12.0. The number of hydrogen-bond acceptors (Lipinski definition) is 3. The van der Waals surface area contributed by atoms with Crippen LogP contribution in [0.1, 0.15) is 25.3 Å². The Balaban J connectivity index is 0.00000288. The summed E-state index contributed by atoms with van der Waals surface area (Å²) in [5, 5.41) is 6.56. The van der Waals surface area contributed by atoms with Crippen LogP contribution >= 0.6 is 12.4 Å². The largest absolute Gasteiger partial charge is 0.361 e. The maximum Gasteiger partial charge on any atom is 0.237 e. The van der Waals surface area contributed by atoms with Gasteiger partial charge in [-0.1, -0.05) is 25.1 Å². The van der Waals surface area contributed by atoms with Gasteiger partial charge in [-0.15, -0.1) is 12.4 Å². The van der Waals surface area contributed by atoms with E-state index >= 15 is 0 Å². The molecule has 1 atom stereocenters. The molecule has 0 saturated heterocycles. The number of nitrogens with one attached hydrogen (secondary N) is 3. The smallest absolute Gasteiger partial charge is 0.237 e. The van der Waals surface area contributed by atoms with Crippen molar-refractivity contribution in [3.05, 3.63) is 36.0 Å². The van der Waals surface area contributed by atoms with Crippen LogP contribution in [0.4, 0.5) is 0 Å². The van der Waals surface area contributed by atoms with E-state index in [1.807, 2.05) is 37.4 Å². The fourth-order valence-corrected chi connectivity index (χ4v) is 2.41. The summed E-state index contributed by atoms with van der Waals surface area (Å²) in [4.78, 5) is 26.7. The van der Waals surface area contributed by atoms with Gasteiger partial charge in [0.2, 0.25) is 11.8 Å². The minimum atomic E-state index is -0.632. The van der Waals surface area contributed by atoms with Crippen LogP contribution in [0.2, 0.25) is 0 Å². The van der Waals surface area contributed by atoms with E-state index in [4.69, 9.17) is 5.73 Å². The number of aromatic nitrogens is 1. The summed E-state index contributed by atoms with van der Waals surface area (Å²) in [6, 6.07) is 7.27. The fraction of sp³-hybridized carbons (Fsp3) is 0.412. The Hall–Kier alpha value is -2.05. The highest BCUT2D eigenvalue weighted by molar-refractivity contribution is 5.86. The normalized spacial score (nSPS) is 11.6. The van der Waals surface area contributed by atoms with E-state index in [2.05, 4.69) is 15.6 Å². The molecule has 0 bridgehead atoms. The van der Waals surface area contributed by atoms with E-state index < -0.39 is 6.04 Å². The minimum absolute atomic E-state index is 0. The molecule has 7 heteroatoms. The molecule has 132 valence electrons. The molecule has 1 aromatic heterocycles. The van der Waals surface area contributed by atoms with Crippen LogP contribution in [-0.2, 0) is 16.0 Å². The number of para-hydroxylation sites is 1. The fourth-order valence-electron chi connectivity index (χ4n) is 2.41. The van der Waals surface area contributed by atoms with Gasteiger partial charge in [0, 0.05) is 36.6 Å². The first-order valence-corrected chi connectivity index (χ1v) is 7.96. The number of aromatic amines is 1. The molecular weight excluding hydrogens is 328 g/mol. The average molecular weight is 353 g/mol. The van der Waals surface area contributed by atoms with Gasteiger partial charge in [-0.3, -0.25) is 9.59 Å². The van der Waals surface area contributed by atoms with Gasteiger partial charge < -0.3 is 21.4 Å². The SMILES string of the molecule is CCCNC(=O)CCNC(=O)[C@@H](N)Cc1c[nH]c2ccccc12.Cl. The lowest BCUT2D eigenvalue weighted by atomic mass is 10.1. The van der Waals surface area contributed by atoms with Crippen LogP contribution in [0.15, 0.2) is 30.5 Å². The first-order valence-electron chi connectivity index (χ1n) is 7.96. The topological polar surface area (TPSA) is 100 Å². The van der Waals surface area contributed by atoms with Crippen molar-refractivity contribution in [2.45, 2.75) is 32.2 Å². The molecule has 0 aliphatic rings. The maximum atomic E-state index is 12.0. The van der Waals surface area contributed by atoms with E-state index in [1.54, 1.807) is 0 Å². The zero-order valence-corrected chi connectivity index (χ0v) is 14.6. The molecule has 1 heterocycles. The van der Waals surface area contributed by atoms with E-state index in [-0.39, 0.29) is 30.6 Å². The van der Waals surface area contributed by atoms with Gasteiger partial charge in [-0.25, -0.2) is 0 Å². The van der Waals surface area contributed by atoms with E-state index in [0.29, 0.717) is 19.5 Å². The third-order valence-corrected chi connectivity index (χ3v) is 3.67. The highest BCUT2D eigenvalue weighted by atomic mass is 35.5. The van der Waals surface area contributed by atoms with Crippen LogP contribution in [0, 0.1) is 0 Å². The third-order valence-electron chi connectivity index (χ3n) is 3.67. The molecule has 0 fully saturated rings. The Labute approximate surface area is 148 Å². The van der Waals surface area contributed by atoms with Gasteiger partial charge in [0.05, 0.1) is 6.04 Å². The first-order chi connectivity index (χ1) is 11.1. The molecule has 2 rings (SSSR count). The van der Waals surface area contributed by atoms with Crippen molar-refractivity contribution in [3.63, 3.8) is 0 Å². The van der Waals surface area contributed by atoms with Crippen molar-refractivity contribution < 1.29 is 9.59 Å². The number of nitrogens with two attached hydrogens (primary N) is 1. The molecule has 2 aromatic rings. The van der Waals surface area contributed by atoms with E-state index in [0.717, 1.165) is 22.9 Å². The Bertz CT molecular complexity index is 671. The lowest BCUT2D eigenvalue weighted by Crippen LogP contribution is -2.43. The number of halogens is 1. The predicted molar refractivity (Wildman–Crippen MR) is 98.2 cm³/mol. The molecular formula is C17H25ClN4O2. The molecule has 0 radical (unpaired) electrons. The number of carbonyl (C=O) groups is 2. The van der Waals surface area contributed by atoms with Crippen LogP contribution < -0.4 is 16.4 Å². The third kappa shape index (κ3) is 5.54. The van der Waals surface area contributed by atoms with Gasteiger partial charge in [-0.2, -0.15) is 0 Å². The first kappa shape index (κ1) is 20.0. The summed E-state index contributed by atoms with van der Waals surface area (Å²) >= 11 is 0. The quantitative estimate of drug-likeness (QED) is 0.579. The Morgan fingerprint density at radius 1 is 1.21 bits per heavy atom. The molecule has 0 aliphatic heterocycles. The molecule has 1 aromatic carbocycles. The molecule has 5 N–H and O–H groups in total. The lowest BCUT2D eigenvalue weighted by molar-refractivity contribution is -0.123. The van der Waals surface area contributed by atoms with Crippen LogP contribution in [0.3, 0.4) is 0 Å². The summed E-state index contributed by atoms with van der Waals surface area (Å²) in [7, 11) is 0. The molecule has 6 nitrogen and oxygen atoms in total. The van der Waals surface area contributed by atoms with Crippen molar-refractivity contribution in [2.75, 3.05) is 13.1 Å². The summed E-state index contributed by atoms with van der Waals surface area (Å²) in [5.41, 5.74) is 8.02. The zero-order chi connectivity index (χ0) is 16.7. The van der Waals surface area contributed by atoms with Crippen molar-refractivity contribution in [1.82, 2.24) is 15.6 Å². The number of benzene rings is 1. The summed E-state index contributed by atoms with van der Waals surface area (Å²) in [6.07, 6.45) is 3.51. The monoisotopic (exact) mass is 352 g/mol. The zero-order valence-electron chi connectivity index (χ0n) is 13.8. The van der Waals surface area contributed by atoms with E-state index in [1.165, 1.54) is 0 Å². The second kappa shape index (κ2) is 9.95. The van der Waals surface area contributed by atoms with Crippen molar-refractivity contribution in [1.29, 1.82) is 0 Å². The summed E-state index contributed by atoms with van der Waals surface area (Å²) < 4.78 is 0. The molecule has 24 heavy (non-hydrogen) atoms. The highest BCUT2D eigenvalue weighted by Gasteiger charge is 2.16. The molecule has 2 amide bonds. The van der Waals surface area contributed by atoms with Crippen molar-refractivity contribution in [2.24, 2.45) is 5.73 Å². The van der Waals surface area contributed by atoms with Crippen LogP contribution in [-0.4, -0.2) is 35.9 Å². The van der Waals surface area contributed by atoms with Crippen LogP contribution in [0.5, 0.6) is 0 Å². The number of amides is 2.